The highest BCUT2D eigenvalue weighted by Gasteiger charge is 2.35. The third-order valence-electron chi connectivity index (χ3n) is 3.96. The molecule has 0 aliphatic carbocycles. The van der Waals surface area contributed by atoms with Gasteiger partial charge in [0.05, 0.1) is 4.91 Å². The van der Waals surface area contributed by atoms with Gasteiger partial charge in [-0.25, -0.2) is 0 Å². The van der Waals surface area contributed by atoms with Gasteiger partial charge in [-0.2, -0.15) is 0 Å². The number of thioether (sulfide) groups is 1. The summed E-state index contributed by atoms with van der Waals surface area (Å²) in [5.74, 6) is -0.666. The van der Waals surface area contributed by atoms with Crippen molar-refractivity contribution in [2.45, 2.75) is 13.3 Å². The number of hydrogen-bond donors (Lipinski definition) is 1. The van der Waals surface area contributed by atoms with Crippen molar-refractivity contribution in [3.05, 3.63) is 69.6 Å². The number of aryl methyl sites for hydroxylation is 1. The molecule has 0 atom stereocenters. The van der Waals surface area contributed by atoms with E-state index in [9.17, 15) is 14.4 Å². The van der Waals surface area contributed by atoms with E-state index in [-0.39, 0.29) is 24.1 Å². The van der Waals surface area contributed by atoms with Crippen LogP contribution >= 0.6 is 23.4 Å². The number of hydrogen-bond acceptors (Lipinski definition) is 4. The van der Waals surface area contributed by atoms with Crippen molar-refractivity contribution < 1.29 is 14.4 Å². The Labute approximate surface area is 166 Å². The van der Waals surface area contributed by atoms with Crippen LogP contribution in [0.1, 0.15) is 17.5 Å². The highest BCUT2D eigenvalue weighted by Crippen LogP contribution is 2.33. The van der Waals surface area contributed by atoms with Crippen molar-refractivity contribution in [1.29, 1.82) is 0 Å². The van der Waals surface area contributed by atoms with Gasteiger partial charge in [0.2, 0.25) is 5.91 Å². The molecule has 5 nitrogen and oxygen atoms in total. The molecule has 1 fully saturated rings. The van der Waals surface area contributed by atoms with Gasteiger partial charge in [0, 0.05) is 23.7 Å². The molecule has 0 unspecified atom stereocenters. The molecule has 1 heterocycles. The van der Waals surface area contributed by atoms with Gasteiger partial charge in [0.25, 0.3) is 11.1 Å². The Morgan fingerprint density at radius 1 is 1.15 bits per heavy atom. The standard InChI is InChI=1S/C20H17ClN2O3S/c1-13-6-8-15(9-7-13)22-18(24)10-11-23-19(25)17(27-20(23)26)12-14-4-2-3-5-16(14)21/h2-9,12H,10-11H2,1H3,(H,22,24)/b17-12-. The van der Waals surface area contributed by atoms with Crippen molar-refractivity contribution in [2.24, 2.45) is 0 Å². The van der Waals surface area contributed by atoms with Gasteiger partial charge in [0.1, 0.15) is 0 Å². The first-order valence-electron chi connectivity index (χ1n) is 8.30. The number of anilines is 1. The number of imide groups is 1. The molecule has 1 aliphatic heterocycles. The first-order chi connectivity index (χ1) is 12.9. The Bertz CT molecular complexity index is 925. The number of carbonyl (C=O) groups is 3. The number of amides is 3. The van der Waals surface area contributed by atoms with Gasteiger partial charge >= 0.3 is 0 Å². The predicted molar refractivity (Wildman–Crippen MR) is 109 cm³/mol. The molecule has 1 saturated heterocycles. The fourth-order valence-corrected chi connectivity index (χ4v) is 3.55. The largest absolute Gasteiger partial charge is 0.326 e. The van der Waals surface area contributed by atoms with Crippen LogP contribution < -0.4 is 5.32 Å². The second-order valence-electron chi connectivity index (χ2n) is 6.02. The molecule has 3 rings (SSSR count). The molecule has 138 valence electrons. The van der Waals surface area contributed by atoms with Gasteiger partial charge in [0.15, 0.2) is 0 Å². The summed E-state index contributed by atoms with van der Waals surface area (Å²) in [7, 11) is 0. The van der Waals surface area contributed by atoms with E-state index in [1.807, 2.05) is 19.1 Å². The van der Waals surface area contributed by atoms with E-state index in [0.29, 0.717) is 21.2 Å². The number of benzene rings is 2. The van der Waals surface area contributed by atoms with Gasteiger partial charge in [-0.3, -0.25) is 19.3 Å². The van der Waals surface area contributed by atoms with Crippen LogP contribution in [0.4, 0.5) is 10.5 Å². The first-order valence-corrected chi connectivity index (χ1v) is 9.50. The zero-order valence-electron chi connectivity index (χ0n) is 14.6. The smallest absolute Gasteiger partial charge is 0.293 e. The second kappa shape index (κ2) is 8.41. The van der Waals surface area contributed by atoms with Gasteiger partial charge in [-0.1, -0.05) is 47.5 Å². The lowest BCUT2D eigenvalue weighted by Crippen LogP contribution is -2.31. The first kappa shape index (κ1) is 19.2. The van der Waals surface area contributed by atoms with Crippen LogP contribution in [-0.2, 0) is 9.59 Å². The molecule has 1 N–H and O–H groups in total. The van der Waals surface area contributed by atoms with Gasteiger partial charge < -0.3 is 5.32 Å². The SMILES string of the molecule is Cc1ccc(NC(=O)CCN2C(=O)S/C(=C\c3ccccc3Cl)C2=O)cc1. The summed E-state index contributed by atoms with van der Waals surface area (Å²) in [5, 5.41) is 2.87. The molecule has 0 spiro atoms. The van der Waals surface area contributed by atoms with Crippen LogP contribution in [0.3, 0.4) is 0 Å². The van der Waals surface area contributed by atoms with E-state index >= 15 is 0 Å². The highest BCUT2D eigenvalue weighted by atomic mass is 35.5. The summed E-state index contributed by atoms with van der Waals surface area (Å²) in [6, 6.07) is 14.5. The van der Waals surface area contributed by atoms with E-state index in [1.165, 1.54) is 0 Å². The fourth-order valence-electron chi connectivity index (χ4n) is 2.50. The Hall–Kier alpha value is -2.57. The minimum atomic E-state index is -0.409. The summed E-state index contributed by atoms with van der Waals surface area (Å²) in [5.41, 5.74) is 2.44. The lowest BCUT2D eigenvalue weighted by Gasteiger charge is -2.12. The van der Waals surface area contributed by atoms with Crippen LogP contribution in [0.15, 0.2) is 53.4 Å². The summed E-state index contributed by atoms with van der Waals surface area (Å²) in [6.45, 7) is 1.99. The average molecular weight is 401 g/mol. The third kappa shape index (κ3) is 4.78. The minimum Gasteiger partial charge on any atom is -0.326 e. The topological polar surface area (TPSA) is 66.5 Å². The van der Waals surface area contributed by atoms with Crippen molar-refractivity contribution in [3.63, 3.8) is 0 Å². The van der Waals surface area contributed by atoms with Crippen LogP contribution in [0.25, 0.3) is 6.08 Å². The lowest BCUT2D eigenvalue weighted by molar-refractivity contribution is -0.123. The van der Waals surface area contributed by atoms with Crippen molar-refractivity contribution in [3.8, 4) is 0 Å². The maximum absolute atomic E-state index is 12.5. The van der Waals surface area contributed by atoms with E-state index in [2.05, 4.69) is 5.32 Å². The number of halogens is 1. The summed E-state index contributed by atoms with van der Waals surface area (Å²) in [4.78, 5) is 38.1. The minimum absolute atomic E-state index is 0.0300. The second-order valence-corrected chi connectivity index (χ2v) is 7.42. The number of carbonyl (C=O) groups excluding carboxylic acids is 3. The molecule has 0 aromatic heterocycles. The highest BCUT2D eigenvalue weighted by molar-refractivity contribution is 8.18. The third-order valence-corrected chi connectivity index (χ3v) is 5.21. The maximum Gasteiger partial charge on any atom is 0.293 e. The normalized spacial score (nSPS) is 15.5. The van der Waals surface area contributed by atoms with E-state index in [0.717, 1.165) is 22.2 Å². The molecular weight excluding hydrogens is 384 g/mol. The fraction of sp³-hybridized carbons (Fsp3) is 0.150. The molecular formula is C20H17ClN2O3S. The van der Waals surface area contributed by atoms with Crippen molar-refractivity contribution in [2.75, 3.05) is 11.9 Å². The van der Waals surface area contributed by atoms with E-state index in [1.54, 1.807) is 42.5 Å². The molecule has 1 aliphatic rings. The Balaban J connectivity index is 1.61. The van der Waals surface area contributed by atoms with Crippen LogP contribution in [0, 0.1) is 6.92 Å². The van der Waals surface area contributed by atoms with E-state index < -0.39 is 5.91 Å². The predicted octanol–water partition coefficient (Wildman–Crippen LogP) is 4.71. The molecule has 3 amide bonds. The van der Waals surface area contributed by atoms with Crippen LogP contribution in [0.2, 0.25) is 5.02 Å². The zero-order chi connectivity index (χ0) is 19.4. The monoisotopic (exact) mass is 400 g/mol. The summed E-state index contributed by atoms with van der Waals surface area (Å²) < 4.78 is 0. The van der Waals surface area contributed by atoms with E-state index in [4.69, 9.17) is 11.6 Å². The maximum atomic E-state index is 12.5. The summed E-state index contributed by atoms with van der Waals surface area (Å²) >= 11 is 6.95. The van der Waals surface area contributed by atoms with Gasteiger partial charge in [-0.15, -0.1) is 0 Å². The molecule has 7 heteroatoms. The van der Waals surface area contributed by atoms with Crippen LogP contribution in [-0.4, -0.2) is 28.5 Å². The summed E-state index contributed by atoms with van der Waals surface area (Å²) in [6.07, 6.45) is 1.63. The Morgan fingerprint density at radius 3 is 2.56 bits per heavy atom. The zero-order valence-corrected chi connectivity index (χ0v) is 16.1. The lowest BCUT2D eigenvalue weighted by atomic mass is 10.2. The van der Waals surface area contributed by atoms with Crippen molar-refractivity contribution >= 4 is 52.2 Å². The molecule has 2 aromatic carbocycles. The van der Waals surface area contributed by atoms with Crippen LogP contribution in [0.5, 0.6) is 0 Å². The molecule has 27 heavy (non-hydrogen) atoms. The Morgan fingerprint density at radius 2 is 1.85 bits per heavy atom. The average Bonchev–Trinajstić information content (AvgIpc) is 2.90. The number of nitrogens with one attached hydrogen (secondary N) is 1. The molecule has 2 aromatic rings. The molecule has 0 saturated carbocycles. The molecule has 0 radical (unpaired) electrons. The van der Waals surface area contributed by atoms with Gasteiger partial charge in [-0.05, 0) is 48.5 Å². The number of rotatable bonds is 5. The Kier molecular flexibility index (Phi) is 5.98. The van der Waals surface area contributed by atoms with Crippen molar-refractivity contribution in [1.82, 2.24) is 4.90 Å². The number of nitrogens with zero attached hydrogens (tertiary/aromatic N) is 1. The molecule has 0 bridgehead atoms. The quantitative estimate of drug-likeness (QED) is 0.738.